The van der Waals surface area contributed by atoms with Gasteiger partial charge >= 0.3 is 0 Å². The third-order valence-electron chi connectivity index (χ3n) is 6.18. The van der Waals surface area contributed by atoms with Gasteiger partial charge in [-0.2, -0.15) is 0 Å². The Morgan fingerprint density at radius 3 is 2.32 bits per heavy atom. The van der Waals surface area contributed by atoms with Crippen LogP contribution in [-0.4, -0.2) is 30.3 Å². The minimum Gasteiger partial charge on any atom is -0.497 e. The number of hydrogen-bond donors (Lipinski definition) is 1. The summed E-state index contributed by atoms with van der Waals surface area (Å²) in [5.74, 6) is 3.66. The van der Waals surface area contributed by atoms with E-state index in [4.69, 9.17) is 19.2 Å². The van der Waals surface area contributed by atoms with Crippen LogP contribution in [0.25, 0.3) is 21.6 Å². The van der Waals surface area contributed by atoms with Gasteiger partial charge in [0.25, 0.3) is 5.56 Å². The molecule has 1 aliphatic carbocycles. The zero-order chi connectivity index (χ0) is 23.5. The fourth-order valence-electron chi connectivity index (χ4n) is 4.31. The van der Waals surface area contributed by atoms with Crippen molar-refractivity contribution in [2.75, 3.05) is 20.3 Å². The molecule has 2 heterocycles. The number of aryl methyl sites for hydroxylation is 1. The third-order valence-corrected chi connectivity index (χ3v) is 7.33. The molecule has 5 rings (SSSR count). The van der Waals surface area contributed by atoms with E-state index in [-0.39, 0.29) is 5.56 Å². The van der Waals surface area contributed by atoms with Crippen LogP contribution < -0.4 is 19.8 Å². The van der Waals surface area contributed by atoms with Crippen molar-refractivity contribution in [2.24, 2.45) is 5.92 Å². The summed E-state index contributed by atoms with van der Waals surface area (Å²) < 4.78 is 16.7. The number of thiophene rings is 1. The molecule has 0 saturated carbocycles. The molecule has 0 fully saturated rings. The van der Waals surface area contributed by atoms with Gasteiger partial charge in [-0.05, 0) is 79.3 Å². The minimum absolute atomic E-state index is 0.0377. The number of aromatic nitrogens is 2. The average Bonchev–Trinajstić information content (AvgIpc) is 3.22. The Morgan fingerprint density at radius 1 is 1.00 bits per heavy atom. The molecule has 1 N–H and O–H groups in total. The van der Waals surface area contributed by atoms with Crippen molar-refractivity contribution in [2.45, 2.75) is 32.6 Å². The van der Waals surface area contributed by atoms with Crippen molar-refractivity contribution in [3.63, 3.8) is 0 Å². The average molecular weight is 477 g/mol. The molecule has 1 atom stereocenters. The van der Waals surface area contributed by atoms with Gasteiger partial charge in [-0.1, -0.05) is 6.92 Å². The Morgan fingerprint density at radius 2 is 1.65 bits per heavy atom. The summed E-state index contributed by atoms with van der Waals surface area (Å²) in [6.45, 7) is 3.39. The Hall–Kier alpha value is -3.32. The predicted molar refractivity (Wildman–Crippen MR) is 135 cm³/mol. The number of hydrogen-bond acceptors (Lipinski definition) is 6. The fraction of sp³-hybridized carbons (Fsp3) is 0.333. The van der Waals surface area contributed by atoms with E-state index in [1.165, 1.54) is 10.4 Å². The van der Waals surface area contributed by atoms with Crippen molar-refractivity contribution in [3.8, 4) is 28.6 Å². The second-order valence-corrected chi connectivity index (χ2v) is 9.78. The van der Waals surface area contributed by atoms with Gasteiger partial charge in [0.1, 0.15) is 27.9 Å². The first-order chi connectivity index (χ1) is 16.6. The minimum atomic E-state index is -0.0377. The van der Waals surface area contributed by atoms with Crippen LogP contribution in [0.15, 0.2) is 53.3 Å². The Labute approximate surface area is 202 Å². The van der Waals surface area contributed by atoms with Crippen molar-refractivity contribution in [3.05, 3.63) is 69.3 Å². The highest BCUT2D eigenvalue weighted by Gasteiger charge is 2.23. The fourth-order valence-corrected chi connectivity index (χ4v) is 5.69. The first-order valence-electron chi connectivity index (χ1n) is 11.7. The molecule has 1 aliphatic rings. The van der Waals surface area contributed by atoms with Gasteiger partial charge in [-0.3, -0.25) is 4.79 Å². The van der Waals surface area contributed by atoms with Crippen LogP contribution in [-0.2, 0) is 12.8 Å². The summed E-state index contributed by atoms with van der Waals surface area (Å²) in [4.78, 5) is 22.8. The molecule has 2 aromatic carbocycles. The molecule has 0 saturated heterocycles. The molecule has 1 unspecified atom stereocenters. The van der Waals surface area contributed by atoms with E-state index in [1.807, 2.05) is 48.5 Å². The van der Waals surface area contributed by atoms with Crippen molar-refractivity contribution < 1.29 is 14.2 Å². The number of nitrogens with one attached hydrogen (secondary N) is 1. The van der Waals surface area contributed by atoms with E-state index >= 15 is 0 Å². The normalized spacial score (nSPS) is 15.2. The smallest absolute Gasteiger partial charge is 0.260 e. The Bertz CT molecular complexity index is 1330. The summed E-state index contributed by atoms with van der Waals surface area (Å²) in [6, 6.07) is 15.2. The SMILES string of the molecule is COc1ccc(OCCCOc2ccc(-c3nc4sc5c(c4c(=O)[nH]3)CCC(C)C5)cc2)cc1. The van der Waals surface area contributed by atoms with Gasteiger partial charge in [0.05, 0.1) is 25.7 Å². The van der Waals surface area contributed by atoms with Crippen molar-refractivity contribution in [1.82, 2.24) is 9.97 Å². The van der Waals surface area contributed by atoms with Gasteiger partial charge < -0.3 is 19.2 Å². The van der Waals surface area contributed by atoms with Gasteiger partial charge in [-0.15, -0.1) is 11.3 Å². The van der Waals surface area contributed by atoms with Gasteiger partial charge in [0.15, 0.2) is 0 Å². The van der Waals surface area contributed by atoms with Crippen molar-refractivity contribution in [1.29, 1.82) is 0 Å². The summed E-state index contributed by atoms with van der Waals surface area (Å²) >= 11 is 1.67. The lowest BCUT2D eigenvalue weighted by atomic mass is 9.89. The maximum absolute atomic E-state index is 12.9. The van der Waals surface area contributed by atoms with E-state index in [9.17, 15) is 4.79 Å². The van der Waals surface area contributed by atoms with E-state index in [2.05, 4.69) is 11.9 Å². The maximum Gasteiger partial charge on any atom is 0.260 e. The lowest BCUT2D eigenvalue weighted by molar-refractivity contribution is 0.247. The molecule has 7 heteroatoms. The van der Waals surface area contributed by atoms with Gasteiger partial charge in [0.2, 0.25) is 0 Å². The number of benzene rings is 2. The van der Waals surface area contributed by atoms with Crippen LogP contribution >= 0.6 is 11.3 Å². The maximum atomic E-state index is 12.9. The van der Waals surface area contributed by atoms with E-state index in [0.29, 0.717) is 25.0 Å². The van der Waals surface area contributed by atoms with Crippen LogP contribution in [0.3, 0.4) is 0 Å². The summed E-state index contributed by atoms with van der Waals surface area (Å²) in [7, 11) is 1.64. The second kappa shape index (κ2) is 9.89. The predicted octanol–water partition coefficient (Wildman–Crippen LogP) is 5.63. The molecule has 2 aromatic heterocycles. The quantitative estimate of drug-likeness (QED) is 0.334. The number of methoxy groups -OCH3 is 1. The molecule has 0 spiro atoms. The molecular weight excluding hydrogens is 448 g/mol. The number of ether oxygens (including phenoxy) is 3. The molecule has 0 radical (unpaired) electrons. The first-order valence-corrected chi connectivity index (χ1v) is 12.5. The zero-order valence-electron chi connectivity index (χ0n) is 19.4. The molecule has 6 nitrogen and oxygen atoms in total. The van der Waals surface area contributed by atoms with Crippen LogP contribution in [0.2, 0.25) is 0 Å². The number of H-pyrrole nitrogens is 1. The largest absolute Gasteiger partial charge is 0.497 e. The molecule has 176 valence electrons. The standard InChI is InChI=1S/C27H28N2O4S/c1-17-4-13-22-23(16-17)34-27-24(22)26(30)28-25(29-27)18-5-7-20(8-6-18)32-14-3-15-33-21-11-9-19(31-2)10-12-21/h5-12,17H,3-4,13-16H2,1-2H3,(H,28,29,30). The van der Waals surface area contributed by atoms with Crippen LogP contribution in [0.1, 0.15) is 30.2 Å². The molecule has 0 aliphatic heterocycles. The van der Waals surface area contributed by atoms with E-state index in [1.54, 1.807) is 18.4 Å². The third kappa shape index (κ3) is 4.80. The zero-order valence-corrected chi connectivity index (χ0v) is 20.2. The van der Waals surface area contributed by atoms with Crippen LogP contribution in [0.4, 0.5) is 0 Å². The second-order valence-electron chi connectivity index (χ2n) is 8.70. The number of fused-ring (bicyclic) bond motifs is 3. The van der Waals surface area contributed by atoms with Gasteiger partial charge in [0, 0.05) is 16.9 Å². The van der Waals surface area contributed by atoms with E-state index < -0.39 is 0 Å². The topological polar surface area (TPSA) is 73.4 Å². The molecular formula is C27H28N2O4S. The lowest BCUT2D eigenvalue weighted by Crippen LogP contribution is -2.13. The highest BCUT2D eigenvalue weighted by molar-refractivity contribution is 7.18. The monoisotopic (exact) mass is 476 g/mol. The summed E-state index contributed by atoms with van der Waals surface area (Å²) in [5, 5.41) is 0.785. The molecule has 0 amide bonds. The lowest BCUT2D eigenvalue weighted by Gasteiger charge is -2.17. The highest BCUT2D eigenvalue weighted by Crippen LogP contribution is 2.36. The van der Waals surface area contributed by atoms with Crippen molar-refractivity contribution >= 4 is 21.6 Å². The van der Waals surface area contributed by atoms with Crippen LogP contribution in [0, 0.1) is 5.92 Å². The van der Waals surface area contributed by atoms with Gasteiger partial charge in [-0.25, -0.2) is 4.98 Å². The Kier molecular flexibility index (Phi) is 6.54. The molecule has 34 heavy (non-hydrogen) atoms. The number of rotatable bonds is 8. The van der Waals surface area contributed by atoms with Crippen LogP contribution in [0.5, 0.6) is 17.2 Å². The highest BCUT2D eigenvalue weighted by atomic mass is 32.1. The summed E-state index contributed by atoms with van der Waals surface area (Å²) in [5.41, 5.74) is 2.04. The first kappa shape index (κ1) is 22.5. The Balaban J connectivity index is 1.19. The summed E-state index contributed by atoms with van der Waals surface area (Å²) in [6.07, 6.45) is 3.91. The number of aromatic amines is 1. The molecule has 0 bridgehead atoms. The number of nitrogens with zero attached hydrogens (tertiary/aromatic N) is 1. The van der Waals surface area contributed by atoms with E-state index in [0.717, 1.165) is 58.7 Å². The molecule has 4 aromatic rings.